The van der Waals surface area contributed by atoms with Gasteiger partial charge in [0.2, 0.25) is 11.8 Å². The second kappa shape index (κ2) is 11.4. The topological polar surface area (TPSA) is 74.8 Å². The van der Waals surface area contributed by atoms with Crippen LogP contribution in [0.3, 0.4) is 0 Å². The summed E-state index contributed by atoms with van der Waals surface area (Å²) >= 11 is 0. The van der Waals surface area contributed by atoms with Gasteiger partial charge in [0.05, 0.1) is 26.0 Å². The maximum absolute atomic E-state index is 14.2. The molecule has 2 N–H and O–H groups in total. The number of rotatable bonds is 8. The molecule has 192 valence electrons. The lowest BCUT2D eigenvalue weighted by molar-refractivity contribution is -0.165. The van der Waals surface area contributed by atoms with Gasteiger partial charge in [-0.15, -0.1) is 0 Å². The first-order valence-corrected chi connectivity index (χ1v) is 11.7. The zero-order chi connectivity index (χ0) is 24.8. The van der Waals surface area contributed by atoms with E-state index in [-0.39, 0.29) is 24.4 Å². The zero-order valence-corrected chi connectivity index (χ0v) is 19.5. The Morgan fingerprint density at radius 3 is 2.46 bits per heavy atom. The average Bonchev–Trinajstić information content (AvgIpc) is 2.85. The van der Waals surface area contributed by atoms with Crippen LogP contribution in [0.4, 0.5) is 34.9 Å². The molecular weight excluding hydrogens is 468 g/mol. The number of morpholine rings is 1. The molecule has 35 heavy (non-hydrogen) atoms. The van der Waals surface area contributed by atoms with Crippen LogP contribution in [0.1, 0.15) is 19.8 Å². The fourth-order valence-corrected chi connectivity index (χ4v) is 3.99. The van der Waals surface area contributed by atoms with Crippen LogP contribution < -0.4 is 20.4 Å². The Balaban J connectivity index is 1.26. The lowest BCUT2D eigenvalue weighted by atomic mass is 9.99. The zero-order valence-electron chi connectivity index (χ0n) is 19.5. The van der Waals surface area contributed by atoms with Crippen LogP contribution in [0.25, 0.3) is 0 Å². The number of benzene rings is 1. The van der Waals surface area contributed by atoms with E-state index >= 15 is 0 Å². The molecule has 1 aromatic carbocycles. The van der Waals surface area contributed by atoms with Crippen LogP contribution in [0.15, 0.2) is 30.5 Å². The summed E-state index contributed by atoms with van der Waals surface area (Å²) in [6, 6.07) is 6.18. The van der Waals surface area contributed by atoms with E-state index in [0.717, 1.165) is 37.6 Å². The Hall–Kier alpha value is -2.70. The van der Waals surface area contributed by atoms with Gasteiger partial charge < -0.3 is 19.7 Å². The van der Waals surface area contributed by atoms with Crippen molar-refractivity contribution in [3.05, 3.63) is 36.3 Å². The average molecular weight is 499 g/mol. The van der Waals surface area contributed by atoms with Crippen molar-refractivity contribution < 1.29 is 27.0 Å². The normalized spacial score (nSPS) is 18.9. The molecule has 0 amide bonds. The number of aromatic nitrogens is 2. The molecule has 0 aliphatic carbocycles. The van der Waals surface area contributed by atoms with Crippen molar-refractivity contribution in [2.45, 2.75) is 32.0 Å². The molecular formula is C23H30F4N6O2. The molecule has 2 fully saturated rings. The third-order valence-corrected chi connectivity index (χ3v) is 6.15. The highest BCUT2D eigenvalue weighted by atomic mass is 19.4. The van der Waals surface area contributed by atoms with Crippen LogP contribution in [0, 0.1) is 11.7 Å². The fourth-order valence-electron chi connectivity index (χ4n) is 3.99. The molecule has 3 heterocycles. The minimum absolute atomic E-state index is 0.0905. The molecule has 1 unspecified atom stereocenters. The number of piperidine rings is 1. The van der Waals surface area contributed by atoms with E-state index in [1.165, 1.54) is 0 Å². The smallest absolute Gasteiger partial charge is 0.404 e. The van der Waals surface area contributed by atoms with Crippen molar-refractivity contribution in [3.8, 4) is 5.88 Å². The van der Waals surface area contributed by atoms with Crippen molar-refractivity contribution in [1.29, 1.82) is 0 Å². The van der Waals surface area contributed by atoms with Crippen LogP contribution in [-0.2, 0) is 4.74 Å². The van der Waals surface area contributed by atoms with Crippen LogP contribution in [0.5, 0.6) is 5.88 Å². The number of alkyl halides is 3. The highest BCUT2D eigenvalue weighted by Gasteiger charge is 2.37. The summed E-state index contributed by atoms with van der Waals surface area (Å²) in [6.07, 6.45) is -1.98. The van der Waals surface area contributed by atoms with E-state index in [1.807, 2.05) is 24.3 Å². The molecule has 1 atom stereocenters. The molecule has 0 saturated carbocycles. The molecule has 2 aliphatic heterocycles. The number of hydrogen-bond acceptors (Lipinski definition) is 8. The molecule has 4 rings (SSSR count). The van der Waals surface area contributed by atoms with Gasteiger partial charge in [0.1, 0.15) is 6.04 Å². The number of nitrogens with zero attached hydrogens (tertiary/aromatic N) is 4. The molecule has 0 spiro atoms. The second-order valence-corrected chi connectivity index (χ2v) is 8.75. The summed E-state index contributed by atoms with van der Waals surface area (Å²) in [6.45, 7) is 5.33. The molecule has 0 radical (unpaired) electrons. The maximum atomic E-state index is 14.2. The van der Waals surface area contributed by atoms with E-state index in [4.69, 9.17) is 9.47 Å². The minimum Gasteiger partial charge on any atom is -0.475 e. The standard InChI is InChI=1S/C23H30F4N6O2/c1-16(23(25,26)27)31-33-8-6-17(7-9-33)15-35-21-20(24)14-28-22(30-21)29-18-2-4-19(5-3-18)32-10-12-34-13-11-32/h2-5,14,16-17,31H,6-13,15H2,1H3,(H,28,29,30). The number of hydrogen-bond donors (Lipinski definition) is 2. The Kier molecular flexibility index (Phi) is 8.24. The second-order valence-electron chi connectivity index (χ2n) is 8.75. The van der Waals surface area contributed by atoms with Gasteiger partial charge in [-0.05, 0) is 49.9 Å². The fraction of sp³-hybridized carbons (Fsp3) is 0.565. The SMILES string of the molecule is CC(NN1CCC(COc2nc(Nc3ccc(N4CCOCC4)cc3)ncc2F)CC1)C(F)(F)F. The van der Waals surface area contributed by atoms with Gasteiger partial charge in [-0.25, -0.2) is 15.4 Å². The Morgan fingerprint density at radius 2 is 1.80 bits per heavy atom. The summed E-state index contributed by atoms with van der Waals surface area (Å²) in [5.74, 6) is -0.525. The van der Waals surface area contributed by atoms with E-state index in [1.54, 1.807) is 5.01 Å². The summed E-state index contributed by atoms with van der Waals surface area (Å²) in [7, 11) is 0. The Labute approximate surface area is 201 Å². The minimum atomic E-state index is -4.29. The third kappa shape index (κ3) is 7.15. The highest BCUT2D eigenvalue weighted by molar-refractivity contribution is 5.59. The first-order valence-electron chi connectivity index (χ1n) is 11.7. The van der Waals surface area contributed by atoms with Gasteiger partial charge >= 0.3 is 6.18 Å². The summed E-state index contributed by atoms with van der Waals surface area (Å²) in [5.41, 5.74) is 4.34. The highest BCUT2D eigenvalue weighted by Crippen LogP contribution is 2.25. The number of halogens is 4. The Bertz CT molecular complexity index is 948. The van der Waals surface area contributed by atoms with Crippen LogP contribution in [0.2, 0.25) is 0 Å². The lowest BCUT2D eigenvalue weighted by Gasteiger charge is -2.34. The molecule has 0 bridgehead atoms. The van der Waals surface area contributed by atoms with Gasteiger partial charge in [0.15, 0.2) is 0 Å². The quantitative estimate of drug-likeness (QED) is 0.534. The lowest BCUT2D eigenvalue weighted by Crippen LogP contribution is -2.52. The molecule has 2 aliphatic rings. The predicted molar refractivity (Wildman–Crippen MR) is 123 cm³/mol. The summed E-state index contributed by atoms with van der Waals surface area (Å²) in [4.78, 5) is 10.4. The predicted octanol–water partition coefficient (Wildman–Crippen LogP) is 3.74. The van der Waals surface area contributed by atoms with E-state index in [0.29, 0.717) is 39.1 Å². The number of hydrazine groups is 1. The monoisotopic (exact) mass is 498 g/mol. The molecule has 2 aromatic rings. The van der Waals surface area contributed by atoms with Gasteiger partial charge in [-0.2, -0.15) is 22.5 Å². The van der Waals surface area contributed by atoms with Crippen molar-refractivity contribution in [2.24, 2.45) is 5.92 Å². The van der Waals surface area contributed by atoms with Gasteiger partial charge in [-0.1, -0.05) is 0 Å². The van der Waals surface area contributed by atoms with E-state index < -0.39 is 18.0 Å². The molecule has 12 heteroatoms. The molecule has 1 aromatic heterocycles. The maximum Gasteiger partial charge on any atom is 0.404 e. The van der Waals surface area contributed by atoms with Gasteiger partial charge in [-0.3, -0.25) is 0 Å². The van der Waals surface area contributed by atoms with Crippen molar-refractivity contribution >= 4 is 17.3 Å². The van der Waals surface area contributed by atoms with Gasteiger partial charge in [0, 0.05) is 37.6 Å². The van der Waals surface area contributed by atoms with Crippen LogP contribution in [-0.4, -0.2) is 73.2 Å². The van der Waals surface area contributed by atoms with E-state index in [2.05, 4.69) is 25.6 Å². The largest absolute Gasteiger partial charge is 0.475 e. The molecule has 2 saturated heterocycles. The van der Waals surface area contributed by atoms with Crippen molar-refractivity contribution in [2.75, 3.05) is 56.2 Å². The van der Waals surface area contributed by atoms with Crippen LogP contribution >= 0.6 is 0 Å². The molecule has 8 nitrogen and oxygen atoms in total. The summed E-state index contributed by atoms with van der Waals surface area (Å²) < 4.78 is 63.4. The van der Waals surface area contributed by atoms with Crippen molar-refractivity contribution in [1.82, 2.24) is 20.4 Å². The summed E-state index contributed by atoms with van der Waals surface area (Å²) in [5, 5.41) is 4.63. The van der Waals surface area contributed by atoms with Gasteiger partial charge in [0.25, 0.3) is 5.88 Å². The Morgan fingerprint density at radius 1 is 1.11 bits per heavy atom. The first-order chi connectivity index (χ1) is 16.8. The first kappa shape index (κ1) is 25.4. The number of ether oxygens (including phenoxy) is 2. The number of anilines is 3. The third-order valence-electron chi connectivity index (χ3n) is 6.15. The van der Waals surface area contributed by atoms with Crippen molar-refractivity contribution in [3.63, 3.8) is 0 Å². The number of nitrogens with one attached hydrogen (secondary N) is 2. The van der Waals surface area contributed by atoms with E-state index in [9.17, 15) is 17.6 Å².